The van der Waals surface area contributed by atoms with E-state index >= 15 is 0 Å². The van der Waals surface area contributed by atoms with E-state index in [4.69, 9.17) is 4.42 Å². The molecular formula is C22H17N3O5. The minimum Gasteiger partial charge on any atom is -0.465 e. The largest absolute Gasteiger partial charge is 0.465 e. The van der Waals surface area contributed by atoms with Gasteiger partial charge in [0.15, 0.2) is 5.76 Å². The Hall–Kier alpha value is -4.20. The van der Waals surface area contributed by atoms with Crippen LogP contribution in [0.5, 0.6) is 0 Å². The van der Waals surface area contributed by atoms with Crippen molar-refractivity contribution in [2.24, 2.45) is 0 Å². The SMILES string of the molecule is COC(=O)c1ccc(NC(=O)c2ccc(Cn3cnc4ccccc4c3=O)o2)cc1. The van der Waals surface area contributed by atoms with Gasteiger partial charge in [0.05, 0.1) is 36.4 Å². The van der Waals surface area contributed by atoms with Crippen molar-refractivity contribution < 1.29 is 18.7 Å². The van der Waals surface area contributed by atoms with Crippen LogP contribution in [0, 0.1) is 0 Å². The number of anilines is 1. The summed E-state index contributed by atoms with van der Waals surface area (Å²) in [4.78, 5) is 40.7. The summed E-state index contributed by atoms with van der Waals surface area (Å²) in [7, 11) is 1.30. The third-order valence-electron chi connectivity index (χ3n) is 4.51. The van der Waals surface area contributed by atoms with Crippen LogP contribution >= 0.6 is 0 Å². The third kappa shape index (κ3) is 3.83. The minimum absolute atomic E-state index is 0.101. The molecule has 0 spiro atoms. The van der Waals surface area contributed by atoms with Crippen molar-refractivity contribution in [3.8, 4) is 0 Å². The highest BCUT2D eigenvalue weighted by atomic mass is 16.5. The van der Waals surface area contributed by atoms with E-state index in [1.807, 2.05) is 6.07 Å². The van der Waals surface area contributed by atoms with Crippen LogP contribution in [-0.2, 0) is 11.3 Å². The maximum absolute atomic E-state index is 12.6. The number of hydrogen-bond acceptors (Lipinski definition) is 6. The zero-order valence-electron chi connectivity index (χ0n) is 16.0. The van der Waals surface area contributed by atoms with Gasteiger partial charge in [-0.05, 0) is 48.5 Å². The topological polar surface area (TPSA) is 103 Å². The molecule has 4 rings (SSSR count). The number of fused-ring (bicyclic) bond motifs is 1. The van der Waals surface area contributed by atoms with Gasteiger partial charge >= 0.3 is 5.97 Å². The summed E-state index contributed by atoms with van der Waals surface area (Å²) >= 11 is 0. The third-order valence-corrected chi connectivity index (χ3v) is 4.51. The number of nitrogens with zero attached hydrogens (tertiary/aromatic N) is 2. The van der Waals surface area contributed by atoms with Gasteiger partial charge in [-0.3, -0.25) is 14.2 Å². The Morgan fingerprint density at radius 1 is 1.07 bits per heavy atom. The lowest BCUT2D eigenvalue weighted by Crippen LogP contribution is -2.20. The second kappa shape index (κ2) is 8.04. The second-order valence-electron chi connectivity index (χ2n) is 6.48. The molecule has 0 bridgehead atoms. The molecule has 0 aliphatic carbocycles. The second-order valence-corrected chi connectivity index (χ2v) is 6.48. The number of carbonyl (C=O) groups is 2. The number of rotatable bonds is 5. The summed E-state index contributed by atoms with van der Waals surface area (Å²) in [6.07, 6.45) is 1.45. The molecule has 2 aromatic carbocycles. The number of aromatic nitrogens is 2. The molecule has 1 N–H and O–H groups in total. The van der Waals surface area contributed by atoms with Crippen molar-refractivity contribution in [1.29, 1.82) is 0 Å². The van der Waals surface area contributed by atoms with Gasteiger partial charge in [0.1, 0.15) is 5.76 Å². The van der Waals surface area contributed by atoms with Crippen molar-refractivity contribution in [2.45, 2.75) is 6.54 Å². The number of carbonyl (C=O) groups excluding carboxylic acids is 2. The fourth-order valence-corrected chi connectivity index (χ4v) is 2.97. The molecule has 4 aromatic rings. The predicted molar refractivity (Wildman–Crippen MR) is 110 cm³/mol. The number of ether oxygens (including phenoxy) is 1. The van der Waals surface area contributed by atoms with Crippen LogP contribution in [0.1, 0.15) is 26.7 Å². The number of methoxy groups -OCH3 is 1. The smallest absolute Gasteiger partial charge is 0.337 e. The number of amides is 1. The van der Waals surface area contributed by atoms with Gasteiger partial charge in [0, 0.05) is 5.69 Å². The highest BCUT2D eigenvalue weighted by Gasteiger charge is 2.13. The molecule has 0 aliphatic heterocycles. The summed E-state index contributed by atoms with van der Waals surface area (Å²) in [5, 5.41) is 3.20. The summed E-state index contributed by atoms with van der Waals surface area (Å²) in [6, 6.07) is 16.5. The average Bonchev–Trinajstić information content (AvgIpc) is 3.25. The number of hydrogen-bond donors (Lipinski definition) is 1. The fourth-order valence-electron chi connectivity index (χ4n) is 2.97. The molecule has 1 amide bonds. The molecule has 0 atom stereocenters. The van der Waals surface area contributed by atoms with E-state index in [0.29, 0.717) is 27.9 Å². The van der Waals surface area contributed by atoms with Crippen molar-refractivity contribution in [2.75, 3.05) is 12.4 Å². The predicted octanol–water partition coefficient (Wildman–Crippen LogP) is 3.08. The van der Waals surface area contributed by atoms with Crippen LogP contribution in [0.25, 0.3) is 10.9 Å². The van der Waals surface area contributed by atoms with E-state index in [9.17, 15) is 14.4 Å². The van der Waals surface area contributed by atoms with E-state index in [-0.39, 0.29) is 17.9 Å². The van der Waals surface area contributed by atoms with E-state index in [0.717, 1.165) is 0 Å². The molecule has 0 saturated heterocycles. The first-order valence-corrected chi connectivity index (χ1v) is 9.08. The van der Waals surface area contributed by atoms with Gasteiger partial charge in [-0.25, -0.2) is 9.78 Å². The summed E-state index contributed by atoms with van der Waals surface area (Å²) in [5.41, 5.74) is 1.32. The lowest BCUT2D eigenvalue weighted by molar-refractivity contribution is 0.0600. The summed E-state index contributed by atoms with van der Waals surface area (Å²) < 4.78 is 11.7. The number of furan rings is 1. The van der Waals surface area contributed by atoms with Crippen LogP contribution in [0.4, 0.5) is 5.69 Å². The molecule has 0 aliphatic rings. The summed E-state index contributed by atoms with van der Waals surface area (Å²) in [6.45, 7) is 0.151. The van der Waals surface area contributed by atoms with Gasteiger partial charge in [0.25, 0.3) is 11.5 Å². The fraction of sp³-hybridized carbons (Fsp3) is 0.0909. The lowest BCUT2D eigenvalue weighted by Gasteiger charge is -2.05. The number of nitrogens with one attached hydrogen (secondary N) is 1. The van der Waals surface area contributed by atoms with Gasteiger partial charge in [-0.2, -0.15) is 0 Å². The van der Waals surface area contributed by atoms with Crippen molar-refractivity contribution >= 4 is 28.5 Å². The Balaban J connectivity index is 1.47. The molecule has 0 unspecified atom stereocenters. The molecule has 0 radical (unpaired) electrons. The first-order chi connectivity index (χ1) is 14.5. The quantitative estimate of drug-likeness (QED) is 0.514. The number of esters is 1. The molecule has 30 heavy (non-hydrogen) atoms. The molecule has 8 heteroatoms. The maximum Gasteiger partial charge on any atom is 0.337 e. The van der Waals surface area contributed by atoms with Crippen LogP contribution in [0.2, 0.25) is 0 Å². The Kier molecular flexibility index (Phi) is 5.13. The van der Waals surface area contributed by atoms with Crippen molar-refractivity contribution in [1.82, 2.24) is 9.55 Å². The first-order valence-electron chi connectivity index (χ1n) is 9.08. The van der Waals surface area contributed by atoms with Gasteiger partial charge in [-0.15, -0.1) is 0 Å². The molecule has 8 nitrogen and oxygen atoms in total. The minimum atomic E-state index is -0.457. The Morgan fingerprint density at radius 2 is 1.83 bits per heavy atom. The van der Waals surface area contributed by atoms with Gasteiger partial charge in [0.2, 0.25) is 0 Å². The van der Waals surface area contributed by atoms with E-state index in [2.05, 4.69) is 15.0 Å². The molecule has 150 valence electrons. The van der Waals surface area contributed by atoms with Crippen molar-refractivity contribution in [3.05, 3.63) is 94.4 Å². The van der Waals surface area contributed by atoms with Gasteiger partial charge < -0.3 is 14.5 Å². The molecule has 0 fully saturated rings. The summed E-state index contributed by atoms with van der Waals surface area (Å²) in [5.74, 6) is -0.359. The molecular weight excluding hydrogens is 386 g/mol. The monoisotopic (exact) mass is 403 g/mol. The Labute approximate surface area is 170 Å². The van der Waals surface area contributed by atoms with E-state index < -0.39 is 11.9 Å². The lowest BCUT2D eigenvalue weighted by atomic mass is 10.2. The molecule has 0 saturated carbocycles. The molecule has 2 aromatic heterocycles. The average molecular weight is 403 g/mol. The Morgan fingerprint density at radius 3 is 2.60 bits per heavy atom. The highest BCUT2D eigenvalue weighted by molar-refractivity contribution is 6.02. The van der Waals surface area contributed by atoms with Gasteiger partial charge in [-0.1, -0.05) is 12.1 Å². The van der Waals surface area contributed by atoms with E-state index in [1.165, 1.54) is 24.1 Å². The number of para-hydroxylation sites is 1. The van der Waals surface area contributed by atoms with Crippen LogP contribution in [0.15, 0.2) is 76.2 Å². The van der Waals surface area contributed by atoms with Crippen LogP contribution in [-0.4, -0.2) is 28.5 Å². The van der Waals surface area contributed by atoms with Crippen LogP contribution < -0.4 is 10.9 Å². The first kappa shape index (κ1) is 19.1. The van der Waals surface area contributed by atoms with Crippen LogP contribution in [0.3, 0.4) is 0 Å². The standard InChI is InChI=1S/C22H17N3O5/c1-29-22(28)14-6-8-15(9-7-14)24-20(26)19-11-10-16(30-19)12-25-13-23-18-5-3-2-4-17(18)21(25)27/h2-11,13H,12H2,1H3,(H,24,26). The zero-order valence-corrected chi connectivity index (χ0v) is 16.0. The Bertz CT molecular complexity index is 1290. The number of benzene rings is 2. The normalized spacial score (nSPS) is 10.7. The molecule has 2 heterocycles. The zero-order chi connectivity index (χ0) is 21.1. The highest BCUT2D eigenvalue weighted by Crippen LogP contribution is 2.15. The van der Waals surface area contributed by atoms with Crippen molar-refractivity contribution in [3.63, 3.8) is 0 Å². The maximum atomic E-state index is 12.6. The van der Waals surface area contributed by atoms with E-state index in [1.54, 1.807) is 48.5 Å².